The van der Waals surface area contributed by atoms with Crippen LogP contribution in [-0.2, 0) is 10.0 Å². The fourth-order valence-corrected chi connectivity index (χ4v) is 4.93. The number of methoxy groups -OCH3 is 1. The summed E-state index contributed by atoms with van der Waals surface area (Å²) >= 11 is 0. The Morgan fingerprint density at radius 1 is 1.08 bits per heavy atom. The van der Waals surface area contributed by atoms with Crippen molar-refractivity contribution in [1.29, 1.82) is 5.26 Å². The summed E-state index contributed by atoms with van der Waals surface area (Å²) in [6.45, 7) is 0. The molecule has 0 aliphatic carbocycles. The Bertz CT molecular complexity index is 1810. The number of nitrogens with zero attached hydrogens (tertiary/aromatic N) is 4. The fraction of sp³-hybridized carbons (Fsp3) is 0.0435. The molecule has 0 bridgehead atoms. The van der Waals surface area contributed by atoms with Crippen LogP contribution in [0.2, 0.25) is 0 Å². The molecule has 2 aromatic carbocycles. The molecule has 0 atom stereocenters. The zero-order chi connectivity index (χ0) is 26.3. The lowest BCUT2D eigenvalue weighted by atomic mass is 10.0. The van der Waals surface area contributed by atoms with Gasteiger partial charge in [0.1, 0.15) is 23.1 Å². The summed E-state index contributed by atoms with van der Waals surface area (Å²) in [6, 6.07) is 6.71. The number of rotatable bonds is 6. The second-order valence-corrected chi connectivity index (χ2v) is 9.27. The van der Waals surface area contributed by atoms with Crippen LogP contribution < -0.4 is 9.46 Å². The molecule has 0 saturated carbocycles. The van der Waals surface area contributed by atoms with E-state index in [9.17, 15) is 12.8 Å². The van der Waals surface area contributed by atoms with Crippen molar-refractivity contribution in [3.8, 4) is 34.6 Å². The van der Waals surface area contributed by atoms with E-state index in [1.807, 2.05) is 4.72 Å². The van der Waals surface area contributed by atoms with E-state index in [-0.39, 0.29) is 22.5 Å². The lowest BCUT2D eigenvalue weighted by Gasteiger charge is -2.14. The van der Waals surface area contributed by atoms with Gasteiger partial charge >= 0.3 is 0 Å². The highest BCUT2D eigenvalue weighted by Crippen LogP contribution is 2.36. The van der Waals surface area contributed by atoms with Gasteiger partial charge in [-0.15, -0.1) is 0 Å². The van der Waals surface area contributed by atoms with Gasteiger partial charge in [0.2, 0.25) is 5.88 Å². The highest BCUT2D eigenvalue weighted by Gasteiger charge is 2.26. The van der Waals surface area contributed by atoms with Gasteiger partial charge in [0.15, 0.2) is 22.4 Å². The molecule has 186 valence electrons. The Balaban J connectivity index is 1.60. The topological polar surface area (TPSA) is 149 Å². The van der Waals surface area contributed by atoms with E-state index in [1.54, 1.807) is 12.3 Å². The Labute approximate surface area is 206 Å². The zero-order valence-electron chi connectivity index (χ0n) is 18.7. The quantitative estimate of drug-likeness (QED) is 0.302. The largest absolute Gasteiger partial charge is 0.480 e. The maximum absolute atomic E-state index is 15.5. The number of hydrogen-bond donors (Lipinski definition) is 3. The number of fused-ring (bicyclic) bond motifs is 1. The average molecular weight is 525 g/mol. The Morgan fingerprint density at radius 2 is 1.89 bits per heavy atom. The number of sulfonamides is 1. The normalized spacial score (nSPS) is 11.4. The van der Waals surface area contributed by atoms with E-state index in [0.29, 0.717) is 23.0 Å². The number of H-pyrrole nitrogens is 2. The minimum absolute atomic E-state index is 0.107. The first-order chi connectivity index (χ1) is 17.7. The zero-order valence-corrected chi connectivity index (χ0v) is 19.5. The van der Waals surface area contributed by atoms with Gasteiger partial charge in [0.05, 0.1) is 18.4 Å². The highest BCUT2D eigenvalue weighted by molar-refractivity contribution is 7.92. The molecule has 0 unspecified atom stereocenters. The van der Waals surface area contributed by atoms with Gasteiger partial charge in [-0.05, 0) is 18.2 Å². The molecule has 0 radical (unpaired) electrons. The van der Waals surface area contributed by atoms with Crippen LogP contribution in [0.15, 0.2) is 53.8 Å². The van der Waals surface area contributed by atoms with Gasteiger partial charge in [0.25, 0.3) is 10.0 Å². The van der Waals surface area contributed by atoms with E-state index >= 15 is 8.78 Å². The molecule has 0 saturated heterocycles. The van der Waals surface area contributed by atoms with Crippen LogP contribution in [0.25, 0.3) is 33.5 Å². The SMILES string of the molecule is COc1ncc(C#N)cc1S(=O)(=O)Nc1cc(F)cc(-c2ccc3c(-c4ncc[nH]4)[nH]nc3c2F)c1F. The molecule has 3 aromatic heterocycles. The molecule has 0 spiro atoms. The summed E-state index contributed by atoms with van der Waals surface area (Å²) in [7, 11) is -3.46. The van der Waals surface area contributed by atoms with Crippen LogP contribution in [0.1, 0.15) is 5.56 Å². The maximum atomic E-state index is 15.5. The van der Waals surface area contributed by atoms with Crippen LogP contribution in [0.4, 0.5) is 18.9 Å². The third-order valence-corrected chi connectivity index (χ3v) is 6.76. The molecule has 5 aromatic rings. The number of aromatic nitrogens is 5. The summed E-state index contributed by atoms with van der Waals surface area (Å²) < 4.78 is 78.3. The van der Waals surface area contributed by atoms with Gasteiger partial charge in [-0.1, -0.05) is 6.07 Å². The molecule has 0 amide bonds. The second kappa shape index (κ2) is 8.95. The van der Waals surface area contributed by atoms with Crippen LogP contribution >= 0.6 is 0 Å². The predicted molar refractivity (Wildman–Crippen MR) is 125 cm³/mol. The number of aromatic amines is 2. The monoisotopic (exact) mass is 525 g/mol. The van der Waals surface area contributed by atoms with Gasteiger partial charge < -0.3 is 9.72 Å². The van der Waals surface area contributed by atoms with Gasteiger partial charge in [-0.3, -0.25) is 9.82 Å². The number of hydrogen-bond acceptors (Lipinski definition) is 7. The first-order valence-corrected chi connectivity index (χ1v) is 11.8. The van der Waals surface area contributed by atoms with E-state index in [2.05, 4.69) is 25.1 Å². The number of imidazole rings is 1. The van der Waals surface area contributed by atoms with Crippen molar-refractivity contribution in [2.45, 2.75) is 4.90 Å². The van der Waals surface area contributed by atoms with Crippen molar-refractivity contribution < 1.29 is 26.3 Å². The molecule has 10 nitrogen and oxygen atoms in total. The number of benzene rings is 2. The predicted octanol–water partition coefficient (Wildman–Crippen LogP) is 4.11. The van der Waals surface area contributed by atoms with Crippen LogP contribution in [0.5, 0.6) is 5.88 Å². The van der Waals surface area contributed by atoms with E-state index in [4.69, 9.17) is 10.00 Å². The molecule has 5 rings (SSSR count). The van der Waals surface area contributed by atoms with E-state index in [1.165, 1.54) is 18.3 Å². The average Bonchev–Trinajstić information content (AvgIpc) is 3.56. The van der Waals surface area contributed by atoms with Crippen LogP contribution in [-0.4, -0.2) is 40.7 Å². The van der Waals surface area contributed by atoms with Crippen LogP contribution in [0.3, 0.4) is 0 Å². The molecule has 0 aliphatic rings. The van der Waals surface area contributed by atoms with Crippen LogP contribution in [0, 0.1) is 28.8 Å². The number of ether oxygens (including phenoxy) is 1. The minimum atomic E-state index is -4.61. The molecule has 3 heterocycles. The molecule has 0 fully saturated rings. The maximum Gasteiger partial charge on any atom is 0.267 e. The van der Waals surface area contributed by atoms with Crippen molar-refractivity contribution in [2.75, 3.05) is 11.8 Å². The fourth-order valence-electron chi connectivity index (χ4n) is 3.74. The molecule has 0 aliphatic heterocycles. The molecular weight excluding hydrogens is 511 g/mol. The lowest BCUT2D eigenvalue weighted by molar-refractivity contribution is 0.385. The lowest BCUT2D eigenvalue weighted by Crippen LogP contribution is -2.16. The summed E-state index contributed by atoms with van der Waals surface area (Å²) in [5.74, 6) is -3.21. The highest BCUT2D eigenvalue weighted by atomic mass is 32.2. The smallest absolute Gasteiger partial charge is 0.267 e. The minimum Gasteiger partial charge on any atom is -0.480 e. The molecule has 37 heavy (non-hydrogen) atoms. The van der Waals surface area contributed by atoms with Crippen molar-refractivity contribution in [3.63, 3.8) is 0 Å². The van der Waals surface area contributed by atoms with Gasteiger partial charge in [-0.25, -0.2) is 31.6 Å². The van der Waals surface area contributed by atoms with E-state index < -0.39 is 43.6 Å². The number of halogens is 3. The first-order valence-electron chi connectivity index (χ1n) is 10.4. The number of nitriles is 1. The summed E-state index contributed by atoms with van der Waals surface area (Å²) in [4.78, 5) is 10.1. The van der Waals surface area contributed by atoms with Gasteiger partial charge in [-0.2, -0.15) is 10.4 Å². The first kappa shape index (κ1) is 23.8. The third kappa shape index (κ3) is 4.10. The third-order valence-electron chi connectivity index (χ3n) is 5.40. The van der Waals surface area contributed by atoms with Crippen molar-refractivity contribution >= 4 is 26.6 Å². The number of pyridine rings is 1. The van der Waals surface area contributed by atoms with Crippen molar-refractivity contribution in [2.24, 2.45) is 0 Å². The van der Waals surface area contributed by atoms with Crippen molar-refractivity contribution in [1.82, 2.24) is 25.1 Å². The van der Waals surface area contributed by atoms with Crippen molar-refractivity contribution in [3.05, 3.63) is 71.9 Å². The van der Waals surface area contributed by atoms with E-state index in [0.717, 1.165) is 25.4 Å². The molecule has 3 N–H and O–H groups in total. The number of nitrogens with one attached hydrogen (secondary N) is 3. The summed E-state index contributed by atoms with van der Waals surface area (Å²) in [5.41, 5.74) is -1.56. The molecule has 14 heteroatoms. The number of anilines is 1. The Kier molecular flexibility index (Phi) is 5.76. The molecular formula is C23H14F3N7O3S. The second-order valence-electron chi connectivity index (χ2n) is 7.62. The standard InChI is InChI=1S/C23H14F3N7O3S/c1-36-23-17(6-11(9-27)10-30-23)37(34,35)33-16-8-12(24)7-15(18(16)25)13-2-3-14-20(19(13)26)31-32-21(14)22-28-4-5-29-22/h2-8,10,33H,1H3,(H,28,29)(H,31,32). The summed E-state index contributed by atoms with van der Waals surface area (Å²) in [6.07, 6.45) is 4.16. The Morgan fingerprint density at radius 3 is 2.59 bits per heavy atom. The van der Waals surface area contributed by atoms with Gasteiger partial charge in [0, 0.05) is 41.2 Å². The summed E-state index contributed by atoms with van der Waals surface area (Å²) in [5, 5.41) is 16.0. The Hall–Kier alpha value is -4.90.